The largest absolute Gasteiger partial charge is 0.356 e. The van der Waals surface area contributed by atoms with E-state index in [2.05, 4.69) is 48.4 Å². The average Bonchev–Trinajstić information content (AvgIpc) is 3.34. The van der Waals surface area contributed by atoms with Crippen molar-refractivity contribution < 1.29 is 0 Å². The van der Waals surface area contributed by atoms with E-state index >= 15 is 0 Å². The summed E-state index contributed by atoms with van der Waals surface area (Å²) in [4.78, 5) is 13.7. The monoisotopic (exact) mass is 504 g/mol. The summed E-state index contributed by atoms with van der Waals surface area (Å²) in [6.07, 6.45) is 4.71. The van der Waals surface area contributed by atoms with Gasteiger partial charge in [-0.2, -0.15) is 9.47 Å². The molecule has 27 heavy (non-hydrogen) atoms. The third-order valence-electron chi connectivity index (χ3n) is 4.50. The Morgan fingerprint density at radius 2 is 2.11 bits per heavy atom. The normalized spacial score (nSPS) is 16.2. The zero-order valence-electron chi connectivity index (χ0n) is 16.2. The van der Waals surface area contributed by atoms with Gasteiger partial charge < -0.3 is 15.1 Å². The van der Waals surface area contributed by atoms with Crippen LogP contribution in [0, 0.1) is 5.92 Å². The standard InChI is InChI=1S/C17H28N8S.HI/c1-4-15-21-17(26-22-15)24-10-8-23(9-11-24)16(18-3)19-12-14(2)13-25-7-5-6-20-25;/h5-7,14H,4,8-13H2,1-3H3,(H,18,19);1H. The molecule has 1 unspecified atom stereocenters. The molecule has 1 atom stereocenters. The van der Waals surface area contributed by atoms with E-state index in [1.807, 2.05) is 30.2 Å². The van der Waals surface area contributed by atoms with Gasteiger partial charge in [-0.15, -0.1) is 24.0 Å². The number of anilines is 1. The van der Waals surface area contributed by atoms with Crippen LogP contribution in [0.1, 0.15) is 19.7 Å². The van der Waals surface area contributed by atoms with Crippen molar-refractivity contribution in [3.63, 3.8) is 0 Å². The second-order valence-electron chi connectivity index (χ2n) is 6.58. The molecule has 10 heteroatoms. The molecular weight excluding hydrogens is 475 g/mol. The average molecular weight is 504 g/mol. The molecule has 1 N–H and O–H groups in total. The van der Waals surface area contributed by atoms with Crippen molar-refractivity contribution in [1.82, 2.24) is 29.4 Å². The van der Waals surface area contributed by atoms with Crippen molar-refractivity contribution in [3.8, 4) is 0 Å². The highest BCUT2D eigenvalue weighted by atomic mass is 127. The molecule has 0 bridgehead atoms. The number of rotatable bonds is 6. The van der Waals surface area contributed by atoms with Crippen LogP contribution in [0.2, 0.25) is 0 Å². The Bertz CT molecular complexity index is 694. The number of guanidine groups is 1. The number of nitrogens with one attached hydrogen (secondary N) is 1. The molecule has 1 aliphatic heterocycles. The Labute approximate surface area is 182 Å². The summed E-state index contributed by atoms with van der Waals surface area (Å²) in [5.41, 5.74) is 0. The number of hydrogen-bond donors (Lipinski definition) is 1. The first kappa shape index (κ1) is 21.9. The van der Waals surface area contributed by atoms with Gasteiger partial charge in [0.05, 0.1) is 0 Å². The molecule has 1 fully saturated rings. The van der Waals surface area contributed by atoms with Crippen molar-refractivity contribution in [3.05, 3.63) is 24.3 Å². The molecule has 3 heterocycles. The lowest BCUT2D eigenvalue weighted by atomic mass is 10.2. The summed E-state index contributed by atoms with van der Waals surface area (Å²) in [6.45, 7) is 9.87. The van der Waals surface area contributed by atoms with Crippen LogP contribution in [0.25, 0.3) is 0 Å². The van der Waals surface area contributed by atoms with Gasteiger partial charge in [0.15, 0.2) is 5.96 Å². The number of halogens is 1. The van der Waals surface area contributed by atoms with E-state index in [1.165, 1.54) is 11.5 Å². The lowest BCUT2D eigenvalue weighted by Crippen LogP contribution is -2.53. The third kappa shape index (κ3) is 6.03. The Morgan fingerprint density at radius 1 is 1.33 bits per heavy atom. The molecule has 1 aliphatic rings. The van der Waals surface area contributed by atoms with Gasteiger partial charge >= 0.3 is 0 Å². The van der Waals surface area contributed by atoms with Crippen LogP contribution in [0.15, 0.2) is 23.5 Å². The van der Waals surface area contributed by atoms with Crippen LogP contribution in [-0.4, -0.2) is 69.8 Å². The number of hydrogen-bond acceptors (Lipinski definition) is 6. The van der Waals surface area contributed by atoms with Gasteiger partial charge in [0.1, 0.15) is 5.82 Å². The first-order valence-corrected chi connectivity index (χ1v) is 9.97. The first-order valence-electron chi connectivity index (χ1n) is 9.20. The van der Waals surface area contributed by atoms with E-state index < -0.39 is 0 Å². The summed E-state index contributed by atoms with van der Waals surface area (Å²) in [5, 5.41) is 8.82. The fraction of sp³-hybridized carbons (Fsp3) is 0.647. The Kier molecular flexibility index (Phi) is 8.74. The quantitative estimate of drug-likeness (QED) is 0.369. The maximum absolute atomic E-state index is 4.60. The van der Waals surface area contributed by atoms with Gasteiger partial charge in [-0.1, -0.05) is 13.8 Å². The van der Waals surface area contributed by atoms with Crippen LogP contribution in [0.4, 0.5) is 5.13 Å². The van der Waals surface area contributed by atoms with Gasteiger partial charge in [-0.3, -0.25) is 9.67 Å². The molecule has 0 aliphatic carbocycles. The molecular formula is C17H29IN8S. The molecule has 0 radical (unpaired) electrons. The van der Waals surface area contributed by atoms with Gasteiger partial charge in [0.2, 0.25) is 5.13 Å². The third-order valence-corrected chi connectivity index (χ3v) is 5.32. The van der Waals surface area contributed by atoms with Crippen LogP contribution in [-0.2, 0) is 13.0 Å². The molecule has 8 nitrogen and oxygen atoms in total. The highest BCUT2D eigenvalue weighted by Gasteiger charge is 2.22. The van der Waals surface area contributed by atoms with Crippen LogP contribution in [0.3, 0.4) is 0 Å². The molecule has 3 rings (SSSR count). The maximum Gasteiger partial charge on any atom is 0.205 e. The lowest BCUT2D eigenvalue weighted by Gasteiger charge is -2.36. The highest BCUT2D eigenvalue weighted by Crippen LogP contribution is 2.19. The lowest BCUT2D eigenvalue weighted by molar-refractivity contribution is 0.364. The SMILES string of the molecule is CCc1nsc(N2CCN(C(=NC)NCC(C)Cn3cccn3)CC2)n1.I. The van der Waals surface area contributed by atoms with Crippen molar-refractivity contribution in [2.45, 2.75) is 26.8 Å². The van der Waals surface area contributed by atoms with E-state index in [4.69, 9.17) is 0 Å². The molecule has 1 saturated heterocycles. The molecule has 0 amide bonds. The summed E-state index contributed by atoms with van der Waals surface area (Å²) in [6, 6.07) is 1.96. The molecule has 0 saturated carbocycles. The van der Waals surface area contributed by atoms with E-state index in [0.29, 0.717) is 5.92 Å². The first-order chi connectivity index (χ1) is 12.7. The van der Waals surface area contributed by atoms with Crippen LogP contribution >= 0.6 is 35.5 Å². The summed E-state index contributed by atoms with van der Waals surface area (Å²) in [7, 11) is 1.85. The predicted octanol–water partition coefficient (Wildman–Crippen LogP) is 1.95. The fourth-order valence-corrected chi connectivity index (χ4v) is 3.82. The molecule has 150 valence electrons. The molecule has 0 aromatic carbocycles. The number of aryl methyl sites for hydroxylation is 1. The van der Waals surface area contributed by atoms with Crippen molar-refractivity contribution in [1.29, 1.82) is 0 Å². The minimum atomic E-state index is 0. The Morgan fingerprint density at radius 3 is 2.70 bits per heavy atom. The van der Waals surface area contributed by atoms with E-state index in [1.54, 1.807) is 0 Å². The topological polar surface area (TPSA) is 74.5 Å². The van der Waals surface area contributed by atoms with Gasteiger partial charge in [0.25, 0.3) is 0 Å². The minimum absolute atomic E-state index is 0. The van der Waals surface area contributed by atoms with Crippen molar-refractivity contribution >= 4 is 46.6 Å². The van der Waals surface area contributed by atoms with E-state index in [-0.39, 0.29) is 24.0 Å². The molecule has 0 spiro atoms. The smallest absolute Gasteiger partial charge is 0.205 e. The van der Waals surface area contributed by atoms with E-state index in [9.17, 15) is 0 Å². The van der Waals surface area contributed by atoms with Gasteiger partial charge in [-0.25, -0.2) is 4.98 Å². The second kappa shape index (κ2) is 10.8. The van der Waals surface area contributed by atoms with Crippen LogP contribution < -0.4 is 10.2 Å². The minimum Gasteiger partial charge on any atom is -0.356 e. The van der Waals surface area contributed by atoms with Crippen molar-refractivity contribution in [2.75, 3.05) is 44.7 Å². The second-order valence-corrected chi connectivity index (χ2v) is 7.31. The Balaban J connectivity index is 0.00000261. The number of piperazine rings is 1. The summed E-state index contributed by atoms with van der Waals surface area (Å²) >= 11 is 1.50. The molecule has 2 aromatic heterocycles. The number of aromatic nitrogens is 4. The van der Waals surface area contributed by atoms with Gasteiger partial charge in [0, 0.05) is 76.7 Å². The highest BCUT2D eigenvalue weighted by molar-refractivity contribution is 14.0. The summed E-state index contributed by atoms with van der Waals surface area (Å²) in [5.74, 6) is 2.39. The maximum atomic E-state index is 4.60. The summed E-state index contributed by atoms with van der Waals surface area (Å²) < 4.78 is 6.36. The predicted molar refractivity (Wildman–Crippen MR) is 121 cm³/mol. The van der Waals surface area contributed by atoms with Crippen LogP contribution in [0.5, 0.6) is 0 Å². The fourth-order valence-electron chi connectivity index (χ4n) is 3.02. The number of nitrogens with zero attached hydrogens (tertiary/aromatic N) is 7. The van der Waals surface area contributed by atoms with Gasteiger partial charge in [-0.05, 0) is 12.0 Å². The zero-order chi connectivity index (χ0) is 18.4. The van der Waals surface area contributed by atoms with Crippen molar-refractivity contribution in [2.24, 2.45) is 10.9 Å². The Hall–Kier alpha value is -1.43. The molecule has 2 aromatic rings. The van der Waals surface area contributed by atoms with E-state index in [0.717, 1.165) is 62.6 Å². The number of aliphatic imine (C=N–C) groups is 1. The zero-order valence-corrected chi connectivity index (χ0v) is 19.4.